The number of carbonyl (C=O) groups excluding carboxylic acids is 2. The van der Waals surface area contributed by atoms with Crippen LogP contribution in [0.15, 0.2) is 36.4 Å². The van der Waals surface area contributed by atoms with Crippen molar-refractivity contribution < 1.29 is 19.5 Å². The molecule has 2 unspecified atom stereocenters. The number of hydrogen-bond acceptors (Lipinski definition) is 3. The number of benzene rings is 2. The Morgan fingerprint density at radius 3 is 2.37 bits per heavy atom. The monoisotopic (exact) mass is 366 g/mol. The van der Waals surface area contributed by atoms with Crippen LogP contribution in [0.4, 0.5) is 11.4 Å². The molecule has 0 aliphatic heterocycles. The van der Waals surface area contributed by atoms with Crippen molar-refractivity contribution in [2.24, 2.45) is 11.8 Å². The van der Waals surface area contributed by atoms with Gasteiger partial charge in [-0.2, -0.15) is 0 Å². The van der Waals surface area contributed by atoms with Crippen molar-refractivity contribution in [2.45, 2.75) is 27.2 Å². The standard InChI is InChI=1S/C21H22N2O4/c1-11-7-13(3)18(10-17(11)21(26)27)23-19(24)14-5-4-6-15(9-14)22-20(25)16-8-12(16)2/h4-7,9-10,12,16H,8H2,1-3H3,(H,22,25)(H,23,24)(H,26,27). The Bertz CT molecular complexity index is 936. The molecule has 3 N–H and O–H groups in total. The summed E-state index contributed by atoms with van der Waals surface area (Å²) >= 11 is 0. The first-order valence-electron chi connectivity index (χ1n) is 8.83. The summed E-state index contributed by atoms with van der Waals surface area (Å²) in [5, 5.41) is 14.9. The van der Waals surface area contributed by atoms with E-state index in [-0.39, 0.29) is 23.3 Å². The van der Waals surface area contributed by atoms with Crippen LogP contribution < -0.4 is 10.6 Å². The zero-order valence-electron chi connectivity index (χ0n) is 15.5. The Labute approximate surface area is 157 Å². The van der Waals surface area contributed by atoms with E-state index in [4.69, 9.17) is 0 Å². The lowest BCUT2D eigenvalue weighted by atomic mass is 10.0. The predicted molar refractivity (Wildman–Crippen MR) is 103 cm³/mol. The molecule has 1 aliphatic carbocycles. The van der Waals surface area contributed by atoms with Gasteiger partial charge in [-0.15, -0.1) is 0 Å². The van der Waals surface area contributed by atoms with Crippen LogP contribution >= 0.6 is 0 Å². The van der Waals surface area contributed by atoms with Gasteiger partial charge in [0, 0.05) is 22.9 Å². The fraction of sp³-hybridized carbons (Fsp3) is 0.286. The molecular formula is C21H22N2O4. The zero-order chi connectivity index (χ0) is 19.7. The summed E-state index contributed by atoms with van der Waals surface area (Å²) in [4.78, 5) is 36.0. The van der Waals surface area contributed by atoms with E-state index in [9.17, 15) is 19.5 Å². The highest BCUT2D eigenvalue weighted by Crippen LogP contribution is 2.38. The number of rotatable bonds is 5. The lowest BCUT2D eigenvalue weighted by molar-refractivity contribution is -0.117. The fourth-order valence-electron chi connectivity index (χ4n) is 3.07. The molecule has 2 atom stereocenters. The summed E-state index contributed by atoms with van der Waals surface area (Å²) in [6, 6.07) is 9.89. The number of carboxylic acid groups (broad SMARTS) is 1. The van der Waals surface area contributed by atoms with E-state index in [1.807, 2.05) is 13.8 Å². The van der Waals surface area contributed by atoms with Crippen LogP contribution in [0, 0.1) is 25.7 Å². The quantitative estimate of drug-likeness (QED) is 0.749. The second-order valence-corrected chi connectivity index (χ2v) is 7.13. The van der Waals surface area contributed by atoms with E-state index < -0.39 is 5.97 Å². The molecule has 1 aliphatic rings. The summed E-state index contributed by atoms with van der Waals surface area (Å²) in [5.74, 6) is -0.978. The molecule has 0 bridgehead atoms. The third kappa shape index (κ3) is 4.16. The van der Waals surface area contributed by atoms with E-state index in [2.05, 4.69) is 10.6 Å². The van der Waals surface area contributed by atoms with E-state index >= 15 is 0 Å². The van der Waals surface area contributed by atoms with Crippen LogP contribution in [0.1, 0.15) is 45.2 Å². The molecule has 0 saturated heterocycles. The maximum absolute atomic E-state index is 12.6. The number of aromatic carboxylic acids is 1. The highest BCUT2D eigenvalue weighted by atomic mass is 16.4. The van der Waals surface area contributed by atoms with E-state index in [0.717, 1.165) is 12.0 Å². The second kappa shape index (κ2) is 7.23. The molecule has 140 valence electrons. The summed E-state index contributed by atoms with van der Waals surface area (Å²) in [6.07, 6.45) is 0.893. The number of hydrogen-bond donors (Lipinski definition) is 3. The Kier molecular flexibility index (Phi) is 4.99. The SMILES string of the molecule is Cc1cc(C)c(C(=O)O)cc1NC(=O)c1cccc(NC(=O)C2CC2C)c1. The molecule has 0 aromatic heterocycles. The third-order valence-electron chi connectivity index (χ3n) is 4.89. The Balaban J connectivity index is 1.77. The molecule has 0 spiro atoms. The average Bonchev–Trinajstić information content (AvgIpc) is 3.34. The van der Waals surface area contributed by atoms with Crippen LogP contribution in [-0.4, -0.2) is 22.9 Å². The Morgan fingerprint density at radius 2 is 1.74 bits per heavy atom. The lowest BCUT2D eigenvalue weighted by Crippen LogP contribution is -2.16. The number of aryl methyl sites for hydroxylation is 2. The average molecular weight is 366 g/mol. The third-order valence-corrected chi connectivity index (χ3v) is 4.89. The number of anilines is 2. The van der Waals surface area contributed by atoms with Crippen molar-refractivity contribution >= 4 is 29.2 Å². The van der Waals surface area contributed by atoms with Gasteiger partial charge in [0.1, 0.15) is 0 Å². The highest BCUT2D eigenvalue weighted by molar-refractivity contribution is 6.06. The molecule has 27 heavy (non-hydrogen) atoms. The maximum atomic E-state index is 12.6. The topological polar surface area (TPSA) is 95.5 Å². The minimum atomic E-state index is -1.04. The van der Waals surface area contributed by atoms with Gasteiger partial charge in [0.15, 0.2) is 0 Å². The molecule has 0 radical (unpaired) electrons. The van der Waals surface area contributed by atoms with Gasteiger partial charge in [0.2, 0.25) is 5.91 Å². The second-order valence-electron chi connectivity index (χ2n) is 7.13. The van der Waals surface area contributed by atoms with Gasteiger partial charge in [-0.25, -0.2) is 4.79 Å². The number of nitrogens with one attached hydrogen (secondary N) is 2. The number of amides is 2. The van der Waals surface area contributed by atoms with Crippen molar-refractivity contribution in [2.75, 3.05) is 10.6 Å². The molecule has 3 rings (SSSR count). The predicted octanol–water partition coefficient (Wildman–Crippen LogP) is 3.85. The van der Waals surface area contributed by atoms with Crippen LogP contribution in [0.5, 0.6) is 0 Å². The van der Waals surface area contributed by atoms with Gasteiger partial charge in [0.05, 0.1) is 5.56 Å². The van der Waals surface area contributed by atoms with Crippen molar-refractivity contribution in [1.29, 1.82) is 0 Å². The molecule has 2 amide bonds. The van der Waals surface area contributed by atoms with E-state index in [0.29, 0.717) is 28.4 Å². The summed E-state index contributed by atoms with van der Waals surface area (Å²) in [5.41, 5.74) is 2.96. The van der Waals surface area contributed by atoms with Gasteiger partial charge in [0.25, 0.3) is 5.91 Å². The van der Waals surface area contributed by atoms with E-state index in [1.165, 1.54) is 6.07 Å². The molecule has 1 saturated carbocycles. The van der Waals surface area contributed by atoms with Gasteiger partial charge >= 0.3 is 5.97 Å². The van der Waals surface area contributed by atoms with Crippen molar-refractivity contribution in [3.8, 4) is 0 Å². The Morgan fingerprint density at radius 1 is 1.04 bits per heavy atom. The minimum absolute atomic E-state index is 0.0273. The molecule has 2 aromatic rings. The summed E-state index contributed by atoms with van der Waals surface area (Å²) in [6.45, 7) is 5.56. The maximum Gasteiger partial charge on any atom is 0.336 e. The smallest absolute Gasteiger partial charge is 0.336 e. The van der Waals surface area contributed by atoms with Crippen LogP contribution in [0.25, 0.3) is 0 Å². The van der Waals surface area contributed by atoms with Gasteiger partial charge in [-0.3, -0.25) is 9.59 Å². The van der Waals surface area contributed by atoms with Crippen LogP contribution in [-0.2, 0) is 4.79 Å². The normalized spacial score (nSPS) is 17.9. The molecule has 6 nitrogen and oxygen atoms in total. The van der Waals surface area contributed by atoms with Gasteiger partial charge in [-0.05, 0) is 61.6 Å². The highest BCUT2D eigenvalue weighted by Gasteiger charge is 2.39. The van der Waals surface area contributed by atoms with Crippen LogP contribution in [0.2, 0.25) is 0 Å². The minimum Gasteiger partial charge on any atom is -0.478 e. The van der Waals surface area contributed by atoms with Crippen LogP contribution in [0.3, 0.4) is 0 Å². The summed E-state index contributed by atoms with van der Waals surface area (Å²) < 4.78 is 0. The zero-order valence-corrected chi connectivity index (χ0v) is 15.5. The summed E-state index contributed by atoms with van der Waals surface area (Å²) in [7, 11) is 0. The lowest BCUT2D eigenvalue weighted by Gasteiger charge is -2.12. The van der Waals surface area contributed by atoms with Gasteiger partial charge in [-0.1, -0.05) is 19.1 Å². The fourth-order valence-corrected chi connectivity index (χ4v) is 3.07. The van der Waals surface area contributed by atoms with Crippen molar-refractivity contribution in [3.63, 3.8) is 0 Å². The first kappa shape index (κ1) is 18.6. The molecular weight excluding hydrogens is 344 g/mol. The molecule has 0 heterocycles. The Hall–Kier alpha value is -3.15. The van der Waals surface area contributed by atoms with Crippen molar-refractivity contribution in [3.05, 3.63) is 58.7 Å². The molecule has 6 heteroatoms. The van der Waals surface area contributed by atoms with E-state index in [1.54, 1.807) is 37.3 Å². The first-order chi connectivity index (χ1) is 12.8. The number of carboxylic acids is 1. The molecule has 2 aromatic carbocycles. The largest absolute Gasteiger partial charge is 0.478 e. The molecule has 1 fully saturated rings. The first-order valence-corrected chi connectivity index (χ1v) is 8.83. The number of carbonyl (C=O) groups is 3. The van der Waals surface area contributed by atoms with Gasteiger partial charge < -0.3 is 15.7 Å². The van der Waals surface area contributed by atoms with Crippen molar-refractivity contribution in [1.82, 2.24) is 0 Å².